The van der Waals surface area contributed by atoms with Crippen molar-refractivity contribution in [2.24, 2.45) is 0 Å². The quantitative estimate of drug-likeness (QED) is 0.609. The summed E-state index contributed by atoms with van der Waals surface area (Å²) >= 11 is 5.89. The molecule has 0 saturated heterocycles. The Hall–Kier alpha value is -1.13. The number of rotatable bonds is 7. The molecule has 0 aromatic heterocycles. The zero-order chi connectivity index (χ0) is 13.5. The van der Waals surface area contributed by atoms with Crippen LogP contribution in [0.15, 0.2) is 18.2 Å². The average molecular weight is 271 g/mol. The average Bonchev–Trinajstić information content (AvgIpc) is 2.34. The Labute approximate surface area is 112 Å². The zero-order valence-electron chi connectivity index (χ0n) is 10.8. The van der Waals surface area contributed by atoms with Crippen LogP contribution in [-0.2, 0) is 6.42 Å². The topological polar surface area (TPSA) is 55.2 Å². The molecule has 0 spiro atoms. The minimum Gasteiger partial charge on any atom is -0.317 e. The predicted octanol–water partition coefficient (Wildman–Crippen LogP) is 3.57. The van der Waals surface area contributed by atoms with Gasteiger partial charge in [-0.25, -0.2) is 0 Å². The molecule has 1 aromatic carbocycles. The number of hydrogen-bond acceptors (Lipinski definition) is 3. The van der Waals surface area contributed by atoms with Gasteiger partial charge in [-0.3, -0.25) is 10.1 Å². The molecule has 0 aliphatic carbocycles. The fourth-order valence-corrected chi connectivity index (χ4v) is 2.24. The van der Waals surface area contributed by atoms with Gasteiger partial charge in [-0.2, -0.15) is 0 Å². The maximum Gasteiger partial charge on any atom is 0.272 e. The Balaban J connectivity index is 2.76. The molecule has 0 heterocycles. The van der Waals surface area contributed by atoms with E-state index in [0.717, 1.165) is 19.3 Å². The Morgan fingerprint density at radius 1 is 1.44 bits per heavy atom. The molecular formula is C13H19ClN2O2. The molecule has 1 atom stereocenters. The summed E-state index contributed by atoms with van der Waals surface area (Å²) < 4.78 is 0. The highest BCUT2D eigenvalue weighted by atomic mass is 35.5. The minimum absolute atomic E-state index is 0.158. The number of halogens is 1. The first kappa shape index (κ1) is 14.9. The van der Waals surface area contributed by atoms with Gasteiger partial charge >= 0.3 is 0 Å². The highest BCUT2D eigenvalue weighted by molar-refractivity contribution is 6.30. The molecule has 0 saturated carbocycles. The van der Waals surface area contributed by atoms with Gasteiger partial charge in [-0.05, 0) is 38.4 Å². The van der Waals surface area contributed by atoms with Gasteiger partial charge in [-0.1, -0.05) is 24.9 Å². The molecule has 0 fully saturated rings. The van der Waals surface area contributed by atoms with E-state index in [1.807, 2.05) is 7.05 Å². The second-order valence-electron chi connectivity index (χ2n) is 4.34. The van der Waals surface area contributed by atoms with Crippen LogP contribution in [-0.4, -0.2) is 18.0 Å². The van der Waals surface area contributed by atoms with Gasteiger partial charge in [0, 0.05) is 22.7 Å². The molecule has 4 nitrogen and oxygen atoms in total. The third-order valence-corrected chi connectivity index (χ3v) is 3.28. The van der Waals surface area contributed by atoms with E-state index < -0.39 is 0 Å². The molecule has 0 aliphatic rings. The van der Waals surface area contributed by atoms with E-state index in [1.54, 1.807) is 12.1 Å². The van der Waals surface area contributed by atoms with Gasteiger partial charge in [0.05, 0.1) is 4.92 Å². The SMILES string of the molecule is CCCC(CCc1cc(Cl)ccc1[N+](=O)[O-])NC. The van der Waals surface area contributed by atoms with Gasteiger partial charge in [0.15, 0.2) is 0 Å². The standard InChI is InChI=1S/C13H19ClN2O2/c1-3-4-12(15-2)7-5-10-9-11(14)6-8-13(10)16(17)18/h6,8-9,12,15H,3-5,7H2,1-2H3. The monoisotopic (exact) mass is 270 g/mol. The molecule has 18 heavy (non-hydrogen) atoms. The van der Waals surface area contributed by atoms with Crippen LogP contribution >= 0.6 is 11.6 Å². The number of benzene rings is 1. The summed E-state index contributed by atoms with van der Waals surface area (Å²) in [6.07, 6.45) is 3.72. The van der Waals surface area contributed by atoms with Crippen LogP contribution in [0.25, 0.3) is 0 Å². The van der Waals surface area contributed by atoms with E-state index in [-0.39, 0.29) is 10.6 Å². The molecular weight excluding hydrogens is 252 g/mol. The van der Waals surface area contributed by atoms with Gasteiger partial charge in [0.1, 0.15) is 0 Å². The fourth-order valence-electron chi connectivity index (χ4n) is 2.04. The van der Waals surface area contributed by atoms with E-state index in [1.165, 1.54) is 6.07 Å². The lowest BCUT2D eigenvalue weighted by molar-refractivity contribution is -0.385. The smallest absolute Gasteiger partial charge is 0.272 e. The van der Waals surface area contributed by atoms with Gasteiger partial charge in [0.2, 0.25) is 0 Å². The summed E-state index contributed by atoms with van der Waals surface area (Å²) in [4.78, 5) is 10.6. The van der Waals surface area contributed by atoms with Crippen molar-refractivity contribution in [3.63, 3.8) is 0 Å². The zero-order valence-corrected chi connectivity index (χ0v) is 11.5. The first-order valence-electron chi connectivity index (χ1n) is 6.18. The van der Waals surface area contributed by atoms with E-state index in [2.05, 4.69) is 12.2 Å². The molecule has 0 amide bonds. The van der Waals surface area contributed by atoms with Crippen molar-refractivity contribution < 1.29 is 4.92 Å². The van der Waals surface area contributed by atoms with Gasteiger partial charge in [-0.15, -0.1) is 0 Å². The third-order valence-electron chi connectivity index (χ3n) is 3.05. The Bertz CT molecular complexity index is 410. The lowest BCUT2D eigenvalue weighted by atomic mass is 10.0. The summed E-state index contributed by atoms with van der Waals surface area (Å²) in [5.41, 5.74) is 0.870. The van der Waals surface area contributed by atoms with Crippen LogP contribution in [0.4, 0.5) is 5.69 Å². The summed E-state index contributed by atoms with van der Waals surface area (Å²) in [6, 6.07) is 5.13. The Kier molecular flexibility index (Phi) is 6.09. The first-order chi connectivity index (χ1) is 8.58. The third kappa shape index (κ3) is 4.27. The number of nitro groups is 1. The van der Waals surface area contributed by atoms with Crippen LogP contribution in [0.3, 0.4) is 0 Å². The highest BCUT2D eigenvalue weighted by Gasteiger charge is 2.15. The van der Waals surface area contributed by atoms with E-state index in [4.69, 9.17) is 11.6 Å². The number of nitrogens with zero attached hydrogens (tertiary/aromatic N) is 1. The first-order valence-corrected chi connectivity index (χ1v) is 6.56. The minimum atomic E-state index is -0.347. The molecule has 100 valence electrons. The summed E-state index contributed by atoms with van der Waals surface area (Å²) in [5, 5.41) is 14.7. The number of hydrogen-bond donors (Lipinski definition) is 1. The van der Waals surface area contributed by atoms with Crippen LogP contribution in [0.5, 0.6) is 0 Å². The second-order valence-corrected chi connectivity index (χ2v) is 4.78. The Morgan fingerprint density at radius 3 is 2.72 bits per heavy atom. The molecule has 1 N–H and O–H groups in total. The molecule has 0 radical (unpaired) electrons. The van der Waals surface area contributed by atoms with Crippen LogP contribution in [0.2, 0.25) is 5.02 Å². The van der Waals surface area contributed by atoms with Crippen molar-refractivity contribution in [1.29, 1.82) is 0 Å². The maximum absolute atomic E-state index is 10.9. The van der Waals surface area contributed by atoms with Crippen molar-refractivity contribution >= 4 is 17.3 Å². The van der Waals surface area contributed by atoms with Gasteiger partial charge < -0.3 is 5.32 Å². The molecule has 1 aromatic rings. The van der Waals surface area contributed by atoms with Crippen LogP contribution < -0.4 is 5.32 Å². The highest BCUT2D eigenvalue weighted by Crippen LogP contribution is 2.24. The summed E-state index contributed by atoms with van der Waals surface area (Å²) in [5.74, 6) is 0. The molecule has 5 heteroatoms. The Morgan fingerprint density at radius 2 is 2.17 bits per heavy atom. The largest absolute Gasteiger partial charge is 0.317 e. The number of aryl methyl sites for hydroxylation is 1. The lowest BCUT2D eigenvalue weighted by Gasteiger charge is -2.14. The number of nitro benzene ring substituents is 1. The van der Waals surface area contributed by atoms with E-state index in [0.29, 0.717) is 23.0 Å². The molecule has 1 unspecified atom stereocenters. The van der Waals surface area contributed by atoms with Crippen molar-refractivity contribution in [3.8, 4) is 0 Å². The van der Waals surface area contributed by atoms with Crippen molar-refractivity contribution in [2.75, 3.05) is 7.05 Å². The van der Waals surface area contributed by atoms with Crippen molar-refractivity contribution in [3.05, 3.63) is 38.9 Å². The predicted molar refractivity (Wildman–Crippen MR) is 74.2 cm³/mol. The second kappa shape index (κ2) is 7.34. The molecule has 0 aliphatic heterocycles. The van der Waals surface area contributed by atoms with Crippen LogP contribution in [0, 0.1) is 10.1 Å². The lowest BCUT2D eigenvalue weighted by Crippen LogP contribution is -2.25. The number of nitrogens with one attached hydrogen (secondary N) is 1. The normalized spacial score (nSPS) is 12.4. The fraction of sp³-hybridized carbons (Fsp3) is 0.538. The van der Waals surface area contributed by atoms with Crippen molar-refractivity contribution in [1.82, 2.24) is 5.32 Å². The van der Waals surface area contributed by atoms with E-state index >= 15 is 0 Å². The summed E-state index contributed by atoms with van der Waals surface area (Å²) in [7, 11) is 1.92. The maximum atomic E-state index is 10.9. The van der Waals surface area contributed by atoms with Crippen molar-refractivity contribution in [2.45, 2.75) is 38.6 Å². The molecule has 0 bridgehead atoms. The van der Waals surface area contributed by atoms with E-state index in [9.17, 15) is 10.1 Å². The summed E-state index contributed by atoms with van der Waals surface area (Å²) in [6.45, 7) is 2.13. The molecule has 1 rings (SSSR count). The van der Waals surface area contributed by atoms with Gasteiger partial charge in [0.25, 0.3) is 5.69 Å². The van der Waals surface area contributed by atoms with Crippen LogP contribution in [0.1, 0.15) is 31.7 Å².